The third kappa shape index (κ3) is 5.81. The molecule has 7 heteroatoms. The highest BCUT2D eigenvalue weighted by Gasteiger charge is 2.18. The summed E-state index contributed by atoms with van der Waals surface area (Å²) in [5, 5.41) is 3.51. The van der Waals surface area contributed by atoms with Crippen LogP contribution in [0, 0.1) is 12.8 Å². The van der Waals surface area contributed by atoms with Gasteiger partial charge in [-0.3, -0.25) is 15.0 Å². The van der Waals surface area contributed by atoms with E-state index in [2.05, 4.69) is 22.1 Å². The van der Waals surface area contributed by atoms with Crippen LogP contribution < -0.4 is 14.8 Å². The van der Waals surface area contributed by atoms with Gasteiger partial charge in [0.15, 0.2) is 5.13 Å². The molecule has 0 atom stereocenters. The van der Waals surface area contributed by atoms with Crippen LogP contribution in [-0.4, -0.2) is 43.1 Å². The highest BCUT2D eigenvalue weighted by atomic mass is 32.1. The lowest BCUT2D eigenvalue weighted by molar-refractivity contribution is -0.111. The summed E-state index contributed by atoms with van der Waals surface area (Å²) in [7, 11) is 3.20. The van der Waals surface area contributed by atoms with Gasteiger partial charge in [0.25, 0.3) is 0 Å². The maximum absolute atomic E-state index is 12.3. The Hall–Kier alpha value is -2.38. The molecule has 1 aromatic carbocycles. The monoisotopic (exact) mass is 415 g/mol. The Kier molecular flexibility index (Phi) is 7.28. The van der Waals surface area contributed by atoms with Crippen LogP contribution in [0.4, 0.5) is 5.13 Å². The van der Waals surface area contributed by atoms with E-state index in [4.69, 9.17) is 9.47 Å². The maximum Gasteiger partial charge on any atom is 0.250 e. The number of thiazole rings is 1. The number of nitrogens with zero attached hydrogens (tertiary/aromatic N) is 2. The minimum atomic E-state index is -0.213. The number of amides is 1. The van der Waals surface area contributed by atoms with Crippen molar-refractivity contribution in [3.05, 3.63) is 40.4 Å². The van der Waals surface area contributed by atoms with Crippen LogP contribution in [0.1, 0.15) is 35.9 Å². The van der Waals surface area contributed by atoms with Gasteiger partial charge in [-0.25, -0.2) is 4.98 Å². The maximum atomic E-state index is 12.3. The molecular weight excluding hydrogens is 386 g/mol. The molecule has 0 unspecified atom stereocenters. The fourth-order valence-corrected chi connectivity index (χ4v) is 4.33. The average molecular weight is 416 g/mol. The number of carbonyl (C=O) groups is 1. The van der Waals surface area contributed by atoms with Gasteiger partial charge < -0.3 is 9.47 Å². The van der Waals surface area contributed by atoms with E-state index in [1.165, 1.54) is 23.8 Å². The van der Waals surface area contributed by atoms with E-state index in [9.17, 15) is 4.79 Å². The van der Waals surface area contributed by atoms with Crippen LogP contribution in [-0.2, 0) is 11.3 Å². The number of hydrogen-bond acceptors (Lipinski definition) is 6. The number of ether oxygens (including phenoxy) is 2. The van der Waals surface area contributed by atoms with Gasteiger partial charge >= 0.3 is 0 Å². The summed E-state index contributed by atoms with van der Waals surface area (Å²) in [5.41, 5.74) is 1.79. The summed E-state index contributed by atoms with van der Waals surface area (Å²) in [4.78, 5) is 20.6. The highest BCUT2D eigenvalue weighted by molar-refractivity contribution is 7.15. The molecule has 0 aliphatic carbocycles. The predicted molar refractivity (Wildman–Crippen MR) is 118 cm³/mol. The summed E-state index contributed by atoms with van der Waals surface area (Å²) < 4.78 is 10.6. The molecule has 3 rings (SSSR count). The average Bonchev–Trinajstić information content (AvgIpc) is 3.06. The fourth-order valence-electron chi connectivity index (χ4n) is 3.32. The second-order valence-corrected chi connectivity index (χ2v) is 8.50. The Morgan fingerprint density at radius 3 is 2.76 bits per heavy atom. The van der Waals surface area contributed by atoms with Crippen molar-refractivity contribution in [2.24, 2.45) is 5.92 Å². The third-order valence-corrected chi connectivity index (χ3v) is 6.28. The first-order valence-electron chi connectivity index (χ1n) is 9.88. The van der Waals surface area contributed by atoms with E-state index in [0.29, 0.717) is 16.6 Å². The molecule has 2 aromatic rings. The standard InChI is InChI=1S/C22H29N3O3S/c1-15-9-11-25(12-10-15)14-20-16(2)23-22(29-20)24-21(26)8-6-17-5-7-18(27-3)13-19(17)28-4/h5-8,13,15H,9-12,14H2,1-4H3,(H,23,24,26)/b8-6+. The number of aromatic nitrogens is 1. The van der Waals surface area contributed by atoms with E-state index in [0.717, 1.165) is 36.8 Å². The molecule has 1 saturated heterocycles. The largest absolute Gasteiger partial charge is 0.497 e. The van der Waals surface area contributed by atoms with E-state index in [1.807, 2.05) is 19.1 Å². The first kappa shape index (κ1) is 21.3. The highest BCUT2D eigenvalue weighted by Crippen LogP contribution is 2.27. The number of nitrogens with one attached hydrogen (secondary N) is 1. The molecule has 0 saturated carbocycles. The van der Waals surface area contributed by atoms with Crippen LogP contribution in [0.25, 0.3) is 6.08 Å². The third-order valence-electron chi connectivity index (χ3n) is 5.22. The molecule has 156 valence electrons. The number of likely N-dealkylation sites (tertiary alicyclic amines) is 1. The summed E-state index contributed by atoms with van der Waals surface area (Å²) in [5.74, 6) is 1.96. The molecular formula is C22H29N3O3S. The quantitative estimate of drug-likeness (QED) is 0.681. The summed E-state index contributed by atoms with van der Waals surface area (Å²) >= 11 is 1.56. The Labute approximate surface area is 176 Å². The Morgan fingerprint density at radius 1 is 1.31 bits per heavy atom. The van der Waals surface area contributed by atoms with Gasteiger partial charge in [0, 0.05) is 29.1 Å². The van der Waals surface area contributed by atoms with E-state index < -0.39 is 0 Å². The number of anilines is 1. The fraction of sp³-hybridized carbons (Fsp3) is 0.455. The van der Waals surface area contributed by atoms with Crippen LogP contribution in [0.15, 0.2) is 24.3 Å². The van der Waals surface area contributed by atoms with Crippen LogP contribution in [0.5, 0.6) is 11.5 Å². The molecule has 1 N–H and O–H groups in total. The van der Waals surface area contributed by atoms with Gasteiger partial charge in [-0.15, -0.1) is 11.3 Å². The predicted octanol–water partition coefficient (Wildman–Crippen LogP) is 4.35. The molecule has 1 amide bonds. The Morgan fingerprint density at radius 2 is 2.07 bits per heavy atom. The molecule has 1 aliphatic heterocycles. The molecule has 1 aliphatic rings. The zero-order valence-corrected chi connectivity index (χ0v) is 18.3. The Balaban J connectivity index is 1.60. The summed E-state index contributed by atoms with van der Waals surface area (Å²) in [6.07, 6.45) is 5.72. The van der Waals surface area contributed by atoms with Crippen molar-refractivity contribution in [3.63, 3.8) is 0 Å². The van der Waals surface area contributed by atoms with Crippen LogP contribution in [0.3, 0.4) is 0 Å². The zero-order valence-electron chi connectivity index (χ0n) is 17.5. The smallest absolute Gasteiger partial charge is 0.250 e. The van der Waals surface area contributed by atoms with Gasteiger partial charge in [-0.05, 0) is 57.0 Å². The molecule has 0 radical (unpaired) electrons. The lowest BCUT2D eigenvalue weighted by atomic mass is 9.99. The van der Waals surface area contributed by atoms with Crippen molar-refractivity contribution in [2.45, 2.75) is 33.2 Å². The number of benzene rings is 1. The van der Waals surface area contributed by atoms with Crippen molar-refractivity contribution in [3.8, 4) is 11.5 Å². The van der Waals surface area contributed by atoms with Gasteiger partial charge in [0.1, 0.15) is 11.5 Å². The SMILES string of the molecule is COc1ccc(/C=C/C(=O)Nc2nc(C)c(CN3CCC(C)CC3)s2)c(OC)c1. The molecule has 0 spiro atoms. The number of rotatable bonds is 7. The molecule has 0 bridgehead atoms. The first-order chi connectivity index (χ1) is 14.0. The molecule has 1 aromatic heterocycles. The van der Waals surface area contributed by atoms with Crippen LogP contribution >= 0.6 is 11.3 Å². The summed E-state index contributed by atoms with van der Waals surface area (Å²) in [6, 6.07) is 5.47. The van der Waals surface area contributed by atoms with Crippen LogP contribution in [0.2, 0.25) is 0 Å². The zero-order chi connectivity index (χ0) is 20.8. The topological polar surface area (TPSA) is 63.7 Å². The second-order valence-electron chi connectivity index (χ2n) is 7.42. The first-order valence-corrected chi connectivity index (χ1v) is 10.7. The number of piperidine rings is 1. The van der Waals surface area contributed by atoms with Crippen molar-refractivity contribution in [1.29, 1.82) is 0 Å². The van der Waals surface area contributed by atoms with Gasteiger partial charge in [0.2, 0.25) is 5.91 Å². The van der Waals surface area contributed by atoms with E-state index >= 15 is 0 Å². The van der Waals surface area contributed by atoms with Crippen molar-refractivity contribution >= 4 is 28.5 Å². The molecule has 29 heavy (non-hydrogen) atoms. The second kappa shape index (κ2) is 9.89. The Bertz CT molecular complexity index is 870. The van der Waals surface area contributed by atoms with Gasteiger partial charge in [0.05, 0.1) is 19.9 Å². The normalized spacial score (nSPS) is 15.6. The van der Waals surface area contributed by atoms with E-state index in [-0.39, 0.29) is 5.91 Å². The number of carbonyl (C=O) groups excluding carboxylic acids is 1. The lowest BCUT2D eigenvalue weighted by Crippen LogP contribution is -2.32. The molecule has 6 nitrogen and oxygen atoms in total. The molecule has 2 heterocycles. The van der Waals surface area contributed by atoms with Crippen molar-refractivity contribution in [1.82, 2.24) is 9.88 Å². The molecule has 1 fully saturated rings. The minimum Gasteiger partial charge on any atom is -0.497 e. The van der Waals surface area contributed by atoms with Crippen molar-refractivity contribution < 1.29 is 14.3 Å². The van der Waals surface area contributed by atoms with E-state index in [1.54, 1.807) is 37.7 Å². The minimum absolute atomic E-state index is 0.213. The van der Waals surface area contributed by atoms with Gasteiger partial charge in [-0.2, -0.15) is 0 Å². The number of aryl methyl sites for hydroxylation is 1. The van der Waals surface area contributed by atoms with Gasteiger partial charge in [-0.1, -0.05) is 6.92 Å². The number of methoxy groups -OCH3 is 2. The lowest BCUT2D eigenvalue weighted by Gasteiger charge is -2.29. The summed E-state index contributed by atoms with van der Waals surface area (Å²) in [6.45, 7) is 7.49. The number of hydrogen-bond donors (Lipinski definition) is 1. The van der Waals surface area contributed by atoms with Crippen molar-refractivity contribution in [2.75, 3.05) is 32.6 Å².